The van der Waals surface area contributed by atoms with Crippen molar-refractivity contribution in [3.8, 4) is 5.75 Å². The molecule has 1 unspecified atom stereocenters. The second-order valence-electron chi connectivity index (χ2n) is 5.20. The number of carbonyl (C=O) groups excluding carboxylic acids is 1. The summed E-state index contributed by atoms with van der Waals surface area (Å²) in [5.74, 6) is 0.772. The van der Waals surface area contributed by atoms with Crippen LogP contribution in [0.2, 0.25) is 0 Å². The molecule has 1 aliphatic rings. The van der Waals surface area contributed by atoms with E-state index in [1.807, 2.05) is 18.2 Å². The van der Waals surface area contributed by atoms with E-state index in [9.17, 15) is 4.79 Å². The van der Waals surface area contributed by atoms with Crippen LogP contribution in [0.15, 0.2) is 18.2 Å². The zero-order chi connectivity index (χ0) is 14.5. The third-order valence-electron chi connectivity index (χ3n) is 3.42. The maximum Gasteiger partial charge on any atom is 0.217 e. The SMILES string of the molecule is CCCOc1cc(N2CCC(NC(C)=O)C2)ccc1N. The van der Waals surface area contributed by atoms with E-state index in [2.05, 4.69) is 17.1 Å². The predicted octanol–water partition coefficient (Wildman–Crippen LogP) is 1.77. The van der Waals surface area contributed by atoms with E-state index >= 15 is 0 Å². The number of rotatable bonds is 5. The van der Waals surface area contributed by atoms with Gasteiger partial charge in [0.1, 0.15) is 5.75 Å². The van der Waals surface area contributed by atoms with Gasteiger partial charge in [-0.3, -0.25) is 4.79 Å². The molecule has 20 heavy (non-hydrogen) atoms. The molecule has 1 fully saturated rings. The Hall–Kier alpha value is -1.91. The van der Waals surface area contributed by atoms with E-state index in [4.69, 9.17) is 10.5 Å². The van der Waals surface area contributed by atoms with Crippen LogP contribution in [0.1, 0.15) is 26.7 Å². The van der Waals surface area contributed by atoms with Gasteiger partial charge < -0.3 is 20.7 Å². The molecule has 0 aliphatic carbocycles. The van der Waals surface area contributed by atoms with Crippen LogP contribution in [0.3, 0.4) is 0 Å². The lowest BCUT2D eigenvalue weighted by molar-refractivity contribution is -0.119. The molecule has 2 rings (SSSR count). The van der Waals surface area contributed by atoms with Crippen LogP contribution in [0.5, 0.6) is 5.75 Å². The first-order valence-corrected chi connectivity index (χ1v) is 7.14. The summed E-state index contributed by atoms with van der Waals surface area (Å²) in [4.78, 5) is 13.3. The highest BCUT2D eigenvalue weighted by atomic mass is 16.5. The van der Waals surface area contributed by atoms with Crippen molar-refractivity contribution in [2.45, 2.75) is 32.7 Å². The van der Waals surface area contributed by atoms with Gasteiger partial charge in [-0.05, 0) is 25.0 Å². The summed E-state index contributed by atoms with van der Waals surface area (Å²) in [6.45, 7) is 6.06. The number of ether oxygens (including phenoxy) is 1. The third kappa shape index (κ3) is 3.56. The molecule has 1 amide bonds. The highest BCUT2D eigenvalue weighted by Gasteiger charge is 2.23. The lowest BCUT2D eigenvalue weighted by atomic mass is 10.2. The molecule has 1 aliphatic heterocycles. The van der Waals surface area contributed by atoms with E-state index in [-0.39, 0.29) is 11.9 Å². The summed E-state index contributed by atoms with van der Waals surface area (Å²) in [6.07, 6.45) is 1.92. The Morgan fingerprint density at radius 3 is 3.05 bits per heavy atom. The second-order valence-corrected chi connectivity index (χ2v) is 5.20. The van der Waals surface area contributed by atoms with Crippen LogP contribution in [-0.2, 0) is 4.79 Å². The first-order valence-electron chi connectivity index (χ1n) is 7.14. The molecule has 3 N–H and O–H groups in total. The van der Waals surface area contributed by atoms with Gasteiger partial charge in [0.05, 0.1) is 12.3 Å². The molecule has 0 radical (unpaired) electrons. The molecular weight excluding hydrogens is 254 g/mol. The van der Waals surface area contributed by atoms with Crippen molar-refractivity contribution in [3.63, 3.8) is 0 Å². The number of hydrogen-bond donors (Lipinski definition) is 2. The van der Waals surface area contributed by atoms with Crippen LogP contribution >= 0.6 is 0 Å². The van der Waals surface area contributed by atoms with E-state index in [0.717, 1.165) is 37.4 Å². The maximum absolute atomic E-state index is 11.1. The number of amides is 1. The number of hydrogen-bond acceptors (Lipinski definition) is 4. The fraction of sp³-hybridized carbons (Fsp3) is 0.533. The van der Waals surface area contributed by atoms with Crippen molar-refractivity contribution in [2.24, 2.45) is 0 Å². The number of benzene rings is 1. The molecule has 1 aromatic rings. The monoisotopic (exact) mass is 277 g/mol. The van der Waals surface area contributed by atoms with Gasteiger partial charge >= 0.3 is 0 Å². The van der Waals surface area contributed by atoms with Crippen LogP contribution in [0, 0.1) is 0 Å². The number of nitrogens with two attached hydrogens (primary N) is 1. The molecule has 110 valence electrons. The van der Waals surface area contributed by atoms with E-state index < -0.39 is 0 Å². The topological polar surface area (TPSA) is 67.6 Å². The molecule has 1 heterocycles. The lowest BCUT2D eigenvalue weighted by Gasteiger charge is -2.20. The molecule has 1 atom stereocenters. The quantitative estimate of drug-likeness (QED) is 0.805. The number of nitrogens with one attached hydrogen (secondary N) is 1. The summed E-state index contributed by atoms with van der Waals surface area (Å²) < 4.78 is 5.66. The van der Waals surface area contributed by atoms with Crippen molar-refractivity contribution in [3.05, 3.63) is 18.2 Å². The Bertz CT molecular complexity index is 476. The van der Waals surface area contributed by atoms with Crippen molar-refractivity contribution in [1.82, 2.24) is 5.32 Å². The summed E-state index contributed by atoms with van der Waals surface area (Å²) in [5.41, 5.74) is 7.68. The van der Waals surface area contributed by atoms with Crippen LogP contribution in [-0.4, -0.2) is 31.6 Å². The zero-order valence-electron chi connectivity index (χ0n) is 12.2. The Morgan fingerprint density at radius 2 is 2.35 bits per heavy atom. The maximum atomic E-state index is 11.1. The van der Waals surface area contributed by atoms with Crippen molar-refractivity contribution in [1.29, 1.82) is 0 Å². The summed E-state index contributed by atoms with van der Waals surface area (Å²) in [7, 11) is 0. The number of anilines is 2. The van der Waals surface area contributed by atoms with Crippen molar-refractivity contribution in [2.75, 3.05) is 30.3 Å². The zero-order valence-corrected chi connectivity index (χ0v) is 12.2. The second kappa shape index (κ2) is 6.50. The minimum Gasteiger partial charge on any atom is -0.491 e. The van der Waals surface area contributed by atoms with Gasteiger partial charge in [0.15, 0.2) is 0 Å². The molecule has 5 nitrogen and oxygen atoms in total. The predicted molar refractivity (Wildman–Crippen MR) is 81.1 cm³/mol. The smallest absolute Gasteiger partial charge is 0.217 e. The summed E-state index contributed by atoms with van der Waals surface area (Å²) in [5, 5.41) is 2.97. The first-order chi connectivity index (χ1) is 9.60. The van der Waals surface area contributed by atoms with Gasteiger partial charge in [-0.1, -0.05) is 6.92 Å². The molecule has 0 bridgehead atoms. The molecule has 0 spiro atoms. The Labute approximate surface area is 120 Å². The van der Waals surface area contributed by atoms with Gasteiger partial charge in [-0.15, -0.1) is 0 Å². The van der Waals surface area contributed by atoms with Gasteiger partial charge in [0.2, 0.25) is 5.91 Å². The highest BCUT2D eigenvalue weighted by molar-refractivity contribution is 5.73. The Morgan fingerprint density at radius 1 is 1.55 bits per heavy atom. The van der Waals surface area contributed by atoms with Gasteiger partial charge in [-0.25, -0.2) is 0 Å². The molecule has 1 aromatic carbocycles. The van der Waals surface area contributed by atoms with Crippen molar-refractivity contribution >= 4 is 17.3 Å². The van der Waals surface area contributed by atoms with Crippen LogP contribution in [0.25, 0.3) is 0 Å². The Kier molecular flexibility index (Phi) is 4.71. The van der Waals surface area contributed by atoms with Gasteiger partial charge in [-0.2, -0.15) is 0 Å². The minimum absolute atomic E-state index is 0.0288. The van der Waals surface area contributed by atoms with Crippen LogP contribution < -0.4 is 20.7 Å². The fourth-order valence-electron chi connectivity index (χ4n) is 2.46. The molecule has 5 heteroatoms. The molecule has 0 saturated carbocycles. The molecular formula is C15H23N3O2. The number of nitrogen functional groups attached to an aromatic ring is 1. The number of carbonyl (C=O) groups is 1. The average Bonchev–Trinajstić information content (AvgIpc) is 2.85. The first kappa shape index (κ1) is 14.5. The fourth-order valence-corrected chi connectivity index (χ4v) is 2.46. The largest absolute Gasteiger partial charge is 0.491 e. The van der Waals surface area contributed by atoms with E-state index in [0.29, 0.717) is 12.3 Å². The minimum atomic E-state index is 0.0288. The lowest BCUT2D eigenvalue weighted by Crippen LogP contribution is -2.35. The number of nitrogens with zero attached hydrogens (tertiary/aromatic N) is 1. The standard InChI is InChI=1S/C15H23N3O2/c1-3-8-20-15-9-13(4-5-14(15)16)18-7-6-12(10-18)17-11(2)19/h4-5,9,12H,3,6-8,10,16H2,1-2H3,(H,17,19). The Balaban J connectivity index is 2.04. The summed E-state index contributed by atoms with van der Waals surface area (Å²) >= 11 is 0. The average molecular weight is 277 g/mol. The highest BCUT2D eigenvalue weighted by Crippen LogP contribution is 2.29. The van der Waals surface area contributed by atoms with E-state index in [1.165, 1.54) is 0 Å². The molecule has 0 aromatic heterocycles. The normalized spacial score (nSPS) is 18.1. The van der Waals surface area contributed by atoms with Crippen molar-refractivity contribution < 1.29 is 9.53 Å². The van der Waals surface area contributed by atoms with Gasteiger partial charge in [0, 0.05) is 37.8 Å². The summed E-state index contributed by atoms with van der Waals surface area (Å²) in [6, 6.07) is 6.10. The molecule has 1 saturated heterocycles. The third-order valence-corrected chi connectivity index (χ3v) is 3.42. The van der Waals surface area contributed by atoms with Gasteiger partial charge in [0.25, 0.3) is 0 Å². The van der Waals surface area contributed by atoms with Crippen LogP contribution in [0.4, 0.5) is 11.4 Å². The van der Waals surface area contributed by atoms with E-state index in [1.54, 1.807) is 6.92 Å².